The SMILES string of the molecule is CCCNC(C#N)(CC)CCCn1nc(C)c(C)c1C. The minimum atomic E-state index is -0.374. The molecule has 0 aliphatic heterocycles. The Morgan fingerprint density at radius 2 is 2.00 bits per heavy atom. The molecule has 0 saturated carbocycles. The number of nitrogens with zero attached hydrogens (tertiary/aromatic N) is 3. The van der Waals surface area contributed by atoms with Crippen LogP contribution in [-0.2, 0) is 6.54 Å². The zero-order valence-electron chi connectivity index (χ0n) is 13.6. The van der Waals surface area contributed by atoms with Gasteiger partial charge in [-0.25, -0.2) is 0 Å². The molecule has 0 amide bonds. The fraction of sp³-hybridized carbons (Fsp3) is 0.750. The average Bonchev–Trinajstić information content (AvgIpc) is 2.70. The van der Waals surface area contributed by atoms with Crippen LogP contribution in [0.2, 0.25) is 0 Å². The molecule has 0 aliphatic rings. The van der Waals surface area contributed by atoms with Gasteiger partial charge in [-0.3, -0.25) is 10.00 Å². The molecule has 4 nitrogen and oxygen atoms in total. The molecule has 20 heavy (non-hydrogen) atoms. The molecule has 1 rings (SSSR count). The lowest BCUT2D eigenvalue weighted by atomic mass is 9.92. The molecule has 0 saturated heterocycles. The molecule has 0 bridgehead atoms. The first-order valence-corrected chi connectivity index (χ1v) is 7.66. The first kappa shape index (κ1) is 16.7. The summed E-state index contributed by atoms with van der Waals surface area (Å²) in [6, 6.07) is 2.48. The fourth-order valence-corrected chi connectivity index (χ4v) is 2.46. The molecule has 1 heterocycles. The van der Waals surface area contributed by atoms with Crippen LogP contribution in [0.25, 0.3) is 0 Å². The summed E-state index contributed by atoms with van der Waals surface area (Å²) in [5.74, 6) is 0. The summed E-state index contributed by atoms with van der Waals surface area (Å²) in [5, 5.41) is 17.4. The van der Waals surface area contributed by atoms with Gasteiger partial charge in [0.25, 0.3) is 0 Å². The third kappa shape index (κ3) is 3.83. The Morgan fingerprint density at radius 3 is 2.45 bits per heavy atom. The van der Waals surface area contributed by atoms with Crippen LogP contribution in [0.15, 0.2) is 0 Å². The summed E-state index contributed by atoms with van der Waals surface area (Å²) in [7, 11) is 0. The van der Waals surface area contributed by atoms with E-state index in [1.54, 1.807) is 0 Å². The van der Waals surface area contributed by atoms with E-state index in [1.165, 1.54) is 11.3 Å². The van der Waals surface area contributed by atoms with Gasteiger partial charge < -0.3 is 0 Å². The van der Waals surface area contributed by atoms with Gasteiger partial charge >= 0.3 is 0 Å². The Balaban J connectivity index is 2.60. The van der Waals surface area contributed by atoms with Crippen molar-refractivity contribution >= 4 is 0 Å². The minimum Gasteiger partial charge on any atom is -0.299 e. The van der Waals surface area contributed by atoms with Gasteiger partial charge in [0.15, 0.2) is 0 Å². The fourth-order valence-electron chi connectivity index (χ4n) is 2.46. The predicted molar refractivity (Wildman–Crippen MR) is 82.6 cm³/mol. The van der Waals surface area contributed by atoms with Crippen molar-refractivity contribution in [1.29, 1.82) is 5.26 Å². The highest BCUT2D eigenvalue weighted by Crippen LogP contribution is 2.18. The van der Waals surface area contributed by atoms with E-state index < -0.39 is 0 Å². The molecule has 0 spiro atoms. The van der Waals surface area contributed by atoms with Crippen LogP contribution in [0.5, 0.6) is 0 Å². The predicted octanol–water partition coefficient (Wildman–Crippen LogP) is 3.26. The first-order valence-electron chi connectivity index (χ1n) is 7.66. The normalized spacial score (nSPS) is 14.0. The molecule has 4 heteroatoms. The minimum absolute atomic E-state index is 0.374. The van der Waals surface area contributed by atoms with E-state index >= 15 is 0 Å². The summed E-state index contributed by atoms with van der Waals surface area (Å²) < 4.78 is 2.07. The van der Waals surface area contributed by atoms with Crippen LogP contribution < -0.4 is 5.32 Å². The second-order valence-electron chi connectivity index (χ2n) is 5.60. The number of nitriles is 1. The molecule has 0 fully saturated rings. The maximum absolute atomic E-state index is 9.47. The standard InChI is InChI=1S/C16H28N4/c1-6-10-18-16(7-2,12-17)9-8-11-20-15(5)13(3)14(4)19-20/h18H,6-11H2,1-5H3. The summed E-state index contributed by atoms with van der Waals surface area (Å²) in [4.78, 5) is 0. The van der Waals surface area contributed by atoms with E-state index in [0.717, 1.165) is 44.5 Å². The average molecular weight is 276 g/mol. The summed E-state index contributed by atoms with van der Waals surface area (Å²) >= 11 is 0. The van der Waals surface area contributed by atoms with Gasteiger partial charge in [0, 0.05) is 12.2 Å². The molecular weight excluding hydrogens is 248 g/mol. The third-order valence-corrected chi connectivity index (χ3v) is 4.25. The van der Waals surface area contributed by atoms with Crippen molar-refractivity contribution < 1.29 is 0 Å². The molecule has 1 unspecified atom stereocenters. The number of rotatable bonds is 8. The van der Waals surface area contributed by atoms with E-state index in [0.29, 0.717) is 0 Å². The number of nitrogens with one attached hydrogen (secondary N) is 1. The smallest absolute Gasteiger partial charge is 0.106 e. The van der Waals surface area contributed by atoms with Gasteiger partial charge in [0.1, 0.15) is 5.54 Å². The van der Waals surface area contributed by atoms with Crippen molar-refractivity contribution in [3.8, 4) is 6.07 Å². The van der Waals surface area contributed by atoms with E-state index in [4.69, 9.17) is 0 Å². The van der Waals surface area contributed by atoms with Crippen LogP contribution in [0.4, 0.5) is 0 Å². The first-order chi connectivity index (χ1) is 9.49. The highest BCUT2D eigenvalue weighted by Gasteiger charge is 2.26. The van der Waals surface area contributed by atoms with Crippen LogP contribution in [0.1, 0.15) is 56.5 Å². The lowest BCUT2D eigenvalue weighted by Crippen LogP contribution is -2.44. The quantitative estimate of drug-likeness (QED) is 0.793. The van der Waals surface area contributed by atoms with Crippen LogP contribution in [0.3, 0.4) is 0 Å². The van der Waals surface area contributed by atoms with E-state index in [2.05, 4.69) is 48.9 Å². The molecule has 0 radical (unpaired) electrons. The van der Waals surface area contributed by atoms with Crippen LogP contribution >= 0.6 is 0 Å². The van der Waals surface area contributed by atoms with Crippen molar-refractivity contribution in [3.05, 3.63) is 17.0 Å². The molecule has 1 aromatic heterocycles. The summed E-state index contributed by atoms with van der Waals surface area (Å²) in [6.07, 6.45) is 3.75. The summed E-state index contributed by atoms with van der Waals surface area (Å²) in [5.41, 5.74) is 3.24. The highest BCUT2D eigenvalue weighted by molar-refractivity contribution is 5.22. The molecule has 0 aliphatic carbocycles. The maximum atomic E-state index is 9.47. The lowest BCUT2D eigenvalue weighted by molar-refractivity contribution is 0.351. The second kappa shape index (κ2) is 7.44. The van der Waals surface area contributed by atoms with Gasteiger partial charge in [-0.1, -0.05) is 13.8 Å². The molecule has 0 aromatic carbocycles. The van der Waals surface area contributed by atoms with Gasteiger partial charge in [0.2, 0.25) is 0 Å². The van der Waals surface area contributed by atoms with Crippen molar-refractivity contribution in [2.24, 2.45) is 0 Å². The topological polar surface area (TPSA) is 53.6 Å². The number of hydrogen-bond donors (Lipinski definition) is 1. The lowest BCUT2D eigenvalue weighted by Gasteiger charge is -2.26. The zero-order chi connectivity index (χ0) is 15.2. The molecule has 1 N–H and O–H groups in total. The molecule has 112 valence electrons. The van der Waals surface area contributed by atoms with Crippen LogP contribution in [-0.4, -0.2) is 21.9 Å². The van der Waals surface area contributed by atoms with Crippen molar-refractivity contribution in [2.45, 2.75) is 72.4 Å². The number of hydrogen-bond acceptors (Lipinski definition) is 3. The van der Waals surface area contributed by atoms with Gasteiger partial charge in [-0.2, -0.15) is 10.4 Å². The molecule has 1 atom stereocenters. The van der Waals surface area contributed by atoms with E-state index in [1.807, 2.05) is 6.92 Å². The highest BCUT2D eigenvalue weighted by atomic mass is 15.3. The Morgan fingerprint density at radius 1 is 1.30 bits per heavy atom. The Hall–Kier alpha value is -1.34. The Bertz CT molecular complexity index is 470. The van der Waals surface area contributed by atoms with E-state index in [9.17, 15) is 5.26 Å². The summed E-state index contributed by atoms with van der Waals surface area (Å²) in [6.45, 7) is 12.3. The third-order valence-electron chi connectivity index (χ3n) is 4.25. The molecule has 1 aromatic rings. The van der Waals surface area contributed by atoms with Gasteiger partial charge in [-0.05, 0) is 58.6 Å². The van der Waals surface area contributed by atoms with Gasteiger partial charge in [-0.15, -0.1) is 0 Å². The largest absolute Gasteiger partial charge is 0.299 e. The second-order valence-corrected chi connectivity index (χ2v) is 5.60. The monoisotopic (exact) mass is 276 g/mol. The zero-order valence-corrected chi connectivity index (χ0v) is 13.6. The van der Waals surface area contributed by atoms with E-state index in [-0.39, 0.29) is 5.54 Å². The van der Waals surface area contributed by atoms with Crippen molar-refractivity contribution in [2.75, 3.05) is 6.54 Å². The van der Waals surface area contributed by atoms with Gasteiger partial charge in [0.05, 0.1) is 11.8 Å². The Kier molecular flexibility index (Phi) is 6.22. The van der Waals surface area contributed by atoms with Crippen molar-refractivity contribution in [1.82, 2.24) is 15.1 Å². The molecular formula is C16H28N4. The van der Waals surface area contributed by atoms with Crippen LogP contribution in [0, 0.1) is 32.1 Å². The number of aryl methyl sites for hydroxylation is 2. The number of aromatic nitrogens is 2. The Labute approximate surface area is 123 Å². The van der Waals surface area contributed by atoms with Crippen molar-refractivity contribution in [3.63, 3.8) is 0 Å². The maximum Gasteiger partial charge on any atom is 0.106 e.